The van der Waals surface area contributed by atoms with Crippen LogP contribution in [-0.2, 0) is 4.79 Å². The van der Waals surface area contributed by atoms with Gasteiger partial charge in [0, 0.05) is 6.42 Å². The Labute approximate surface area is 138 Å². The minimum absolute atomic E-state index is 0.349. The summed E-state index contributed by atoms with van der Waals surface area (Å²) < 4.78 is 0. The number of hydrogen-bond acceptors (Lipinski definition) is 1. The largest absolute Gasteiger partial charge is 0.481 e. The number of carboxylic acid groups (broad SMARTS) is 1. The molecule has 0 aliphatic heterocycles. The summed E-state index contributed by atoms with van der Waals surface area (Å²) in [6, 6.07) is 0. The van der Waals surface area contributed by atoms with Gasteiger partial charge in [-0.15, -0.1) is 0 Å². The highest BCUT2D eigenvalue weighted by Gasteiger charge is 2.34. The maximum absolute atomic E-state index is 10.4. The van der Waals surface area contributed by atoms with E-state index in [9.17, 15) is 4.79 Å². The molecular weight excluding hydrogens is 272 g/mol. The Morgan fingerprint density at radius 3 is 1.91 bits per heavy atom. The Hall–Kier alpha value is -0.530. The molecule has 2 unspecified atom stereocenters. The molecule has 0 heterocycles. The lowest BCUT2D eigenvalue weighted by atomic mass is 10.0. The fourth-order valence-electron chi connectivity index (χ4n) is 3.54. The van der Waals surface area contributed by atoms with Gasteiger partial charge in [-0.3, -0.25) is 4.79 Å². The summed E-state index contributed by atoms with van der Waals surface area (Å²) in [4.78, 5) is 10.4. The zero-order valence-corrected chi connectivity index (χ0v) is 15.0. The fourth-order valence-corrected chi connectivity index (χ4v) is 3.54. The molecule has 0 aromatic heterocycles. The maximum Gasteiger partial charge on any atom is 0.303 e. The molecule has 1 aliphatic rings. The average Bonchev–Trinajstić information content (AvgIpc) is 3.19. The van der Waals surface area contributed by atoms with Gasteiger partial charge in [-0.1, -0.05) is 84.5 Å². The predicted octanol–water partition coefficient (Wildman–Crippen LogP) is 6.43. The number of carbonyl (C=O) groups is 1. The Balaban J connectivity index is 1.78. The third-order valence-electron chi connectivity index (χ3n) is 5.14. The van der Waals surface area contributed by atoms with Gasteiger partial charge in [-0.2, -0.15) is 0 Å². The molecule has 2 nitrogen and oxygen atoms in total. The molecule has 0 amide bonds. The molecule has 0 saturated heterocycles. The zero-order valence-electron chi connectivity index (χ0n) is 15.0. The van der Waals surface area contributed by atoms with Crippen molar-refractivity contribution < 1.29 is 9.90 Å². The molecule has 22 heavy (non-hydrogen) atoms. The van der Waals surface area contributed by atoms with Gasteiger partial charge < -0.3 is 5.11 Å². The van der Waals surface area contributed by atoms with Crippen molar-refractivity contribution in [2.45, 2.75) is 104 Å². The van der Waals surface area contributed by atoms with Crippen molar-refractivity contribution in [3.8, 4) is 0 Å². The van der Waals surface area contributed by atoms with Gasteiger partial charge in [0.15, 0.2) is 0 Å². The van der Waals surface area contributed by atoms with E-state index in [2.05, 4.69) is 13.8 Å². The second-order valence-corrected chi connectivity index (χ2v) is 7.84. The number of aliphatic carboxylic acids is 1. The first kappa shape index (κ1) is 19.5. The van der Waals surface area contributed by atoms with Crippen molar-refractivity contribution in [3.05, 3.63) is 0 Å². The standard InChI is InChI=1S/C20H38O2/c1-17(2)12-8-6-7-10-14-19-16-18(19)13-9-4-3-5-11-15-20(21)22/h17-19H,3-16H2,1-2H3,(H,21,22). The molecule has 0 aromatic carbocycles. The summed E-state index contributed by atoms with van der Waals surface area (Å²) in [5, 5.41) is 8.57. The van der Waals surface area contributed by atoms with E-state index in [0.29, 0.717) is 6.42 Å². The number of unbranched alkanes of at least 4 members (excludes halogenated alkanes) is 7. The van der Waals surface area contributed by atoms with E-state index in [4.69, 9.17) is 5.11 Å². The predicted molar refractivity (Wildman–Crippen MR) is 94.1 cm³/mol. The van der Waals surface area contributed by atoms with E-state index in [1.165, 1.54) is 70.6 Å². The van der Waals surface area contributed by atoms with E-state index in [1.807, 2.05) is 0 Å². The fraction of sp³-hybridized carbons (Fsp3) is 0.950. The van der Waals surface area contributed by atoms with Crippen molar-refractivity contribution in [2.24, 2.45) is 17.8 Å². The summed E-state index contributed by atoms with van der Waals surface area (Å²) in [5.41, 5.74) is 0. The molecule has 2 atom stereocenters. The van der Waals surface area contributed by atoms with Gasteiger partial charge in [0.25, 0.3) is 0 Å². The lowest BCUT2D eigenvalue weighted by molar-refractivity contribution is -0.137. The molecule has 0 radical (unpaired) electrons. The Morgan fingerprint density at radius 1 is 0.864 bits per heavy atom. The van der Waals surface area contributed by atoms with Crippen LogP contribution in [0.4, 0.5) is 0 Å². The average molecular weight is 311 g/mol. The maximum atomic E-state index is 10.4. The lowest BCUT2D eigenvalue weighted by Gasteiger charge is -2.04. The van der Waals surface area contributed by atoms with Gasteiger partial charge in [0.2, 0.25) is 0 Å². The monoisotopic (exact) mass is 310 g/mol. The molecule has 130 valence electrons. The second-order valence-electron chi connectivity index (χ2n) is 7.84. The number of hydrogen-bond donors (Lipinski definition) is 1. The van der Waals surface area contributed by atoms with E-state index < -0.39 is 5.97 Å². The van der Waals surface area contributed by atoms with Crippen LogP contribution in [0.2, 0.25) is 0 Å². The molecule has 0 spiro atoms. The molecule has 1 N–H and O–H groups in total. The first-order valence-electron chi connectivity index (χ1n) is 9.81. The van der Waals surface area contributed by atoms with Crippen molar-refractivity contribution in [2.75, 3.05) is 0 Å². The molecule has 1 saturated carbocycles. The third-order valence-corrected chi connectivity index (χ3v) is 5.14. The van der Waals surface area contributed by atoms with Crippen LogP contribution in [0.15, 0.2) is 0 Å². The quantitative estimate of drug-likeness (QED) is 0.354. The highest BCUT2D eigenvalue weighted by atomic mass is 16.4. The van der Waals surface area contributed by atoms with E-state index in [-0.39, 0.29) is 0 Å². The van der Waals surface area contributed by atoms with Crippen LogP contribution >= 0.6 is 0 Å². The van der Waals surface area contributed by atoms with Crippen LogP contribution in [0.25, 0.3) is 0 Å². The number of rotatable bonds is 15. The molecule has 1 fully saturated rings. The summed E-state index contributed by atoms with van der Waals surface area (Å²) in [7, 11) is 0. The van der Waals surface area contributed by atoms with E-state index >= 15 is 0 Å². The van der Waals surface area contributed by atoms with Gasteiger partial charge in [-0.05, 0) is 30.6 Å². The Morgan fingerprint density at radius 2 is 1.36 bits per heavy atom. The first-order chi connectivity index (χ1) is 10.6. The van der Waals surface area contributed by atoms with Gasteiger partial charge >= 0.3 is 5.97 Å². The van der Waals surface area contributed by atoms with Gasteiger partial charge in [0.05, 0.1) is 0 Å². The van der Waals surface area contributed by atoms with E-state index in [0.717, 1.165) is 30.6 Å². The molecule has 0 aromatic rings. The first-order valence-corrected chi connectivity index (χ1v) is 9.81. The van der Waals surface area contributed by atoms with Crippen LogP contribution in [0.5, 0.6) is 0 Å². The smallest absolute Gasteiger partial charge is 0.303 e. The van der Waals surface area contributed by atoms with Crippen LogP contribution in [-0.4, -0.2) is 11.1 Å². The Kier molecular flexibility index (Phi) is 10.6. The van der Waals surface area contributed by atoms with E-state index in [1.54, 1.807) is 0 Å². The van der Waals surface area contributed by atoms with Crippen LogP contribution < -0.4 is 0 Å². The highest BCUT2D eigenvalue weighted by molar-refractivity contribution is 5.66. The second kappa shape index (κ2) is 12.0. The summed E-state index contributed by atoms with van der Waals surface area (Å²) in [5.74, 6) is 2.31. The van der Waals surface area contributed by atoms with Crippen LogP contribution in [0.1, 0.15) is 104 Å². The van der Waals surface area contributed by atoms with Crippen molar-refractivity contribution >= 4 is 5.97 Å². The van der Waals surface area contributed by atoms with Crippen molar-refractivity contribution in [1.29, 1.82) is 0 Å². The minimum Gasteiger partial charge on any atom is -0.481 e. The van der Waals surface area contributed by atoms with Crippen molar-refractivity contribution in [3.63, 3.8) is 0 Å². The molecule has 2 heteroatoms. The highest BCUT2D eigenvalue weighted by Crippen LogP contribution is 2.45. The molecule has 0 bridgehead atoms. The Bertz CT molecular complexity index is 285. The number of carboxylic acids is 1. The minimum atomic E-state index is -0.648. The third kappa shape index (κ3) is 11.1. The molecule has 1 aliphatic carbocycles. The SMILES string of the molecule is CC(C)CCCCCCC1CC1CCCCCCCC(=O)O. The van der Waals surface area contributed by atoms with Gasteiger partial charge in [0.1, 0.15) is 0 Å². The molecule has 1 rings (SSSR count). The van der Waals surface area contributed by atoms with Gasteiger partial charge in [-0.25, -0.2) is 0 Å². The lowest BCUT2D eigenvalue weighted by Crippen LogP contribution is -1.93. The van der Waals surface area contributed by atoms with Crippen molar-refractivity contribution in [1.82, 2.24) is 0 Å². The topological polar surface area (TPSA) is 37.3 Å². The summed E-state index contributed by atoms with van der Waals surface area (Å²) in [6.07, 6.45) is 17.7. The zero-order chi connectivity index (χ0) is 16.2. The normalized spacial score (nSPS) is 20.5. The summed E-state index contributed by atoms with van der Waals surface area (Å²) >= 11 is 0. The summed E-state index contributed by atoms with van der Waals surface area (Å²) in [6.45, 7) is 4.64. The van der Waals surface area contributed by atoms with Crippen LogP contribution in [0, 0.1) is 17.8 Å². The molecular formula is C20H38O2. The van der Waals surface area contributed by atoms with Crippen LogP contribution in [0.3, 0.4) is 0 Å².